The Labute approximate surface area is 147 Å². The molecule has 1 aromatic heterocycles. The molecule has 6 heteroatoms. The van der Waals surface area contributed by atoms with E-state index in [4.69, 9.17) is 9.26 Å². The number of carbonyl (C=O) groups is 1. The molecule has 4 rings (SSSR count). The molecule has 0 bridgehead atoms. The van der Waals surface area contributed by atoms with Gasteiger partial charge in [-0.3, -0.25) is 4.79 Å². The third-order valence-corrected chi connectivity index (χ3v) is 5.31. The van der Waals surface area contributed by atoms with Crippen molar-refractivity contribution in [3.05, 3.63) is 41.0 Å². The van der Waals surface area contributed by atoms with E-state index in [0.29, 0.717) is 25.5 Å². The number of rotatable bonds is 3. The van der Waals surface area contributed by atoms with Crippen molar-refractivity contribution in [3.63, 3.8) is 0 Å². The Morgan fingerprint density at radius 3 is 2.80 bits per heavy atom. The Bertz CT molecular complexity index is 780. The second-order valence-corrected chi connectivity index (χ2v) is 7.06. The lowest BCUT2D eigenvalue weighted by molar-refractivity contribution is -0.119. The number of piperidine rings is 1. The molecule has 2 saturated heterocycles. The molecular weight excluding hydrogens is 318 g/mol. The Balaban J connectivity index is 1.53. The summed E-state index contributed by atoms with van der Waals surface area (Å²) in [5.74, 6) is 1.86. The number of anilines is 1. The lowest BCUT2D eigenvalue weighted by atomic mass is 9.96. The number of amides is 1. The molecule has 2 aliphatic heterocycles. The standard InChI is InChI=1S/C19H23N3O3/c1-12-3-5-16(9-13(12)2)22-10-14(4-6-17(22)23)19-20-18(21-25-19)15-7-8-24-11-15/h3,5,9,14-15H,4,6-8,10-11H2,1-2H3/t14-,15+/m1/s1. The van der Waals surface area contributed by atoms with E-state index < -0.39 is 0 Å². The predicted octanol–water partition coefficient (Wildman–Crippen LogP) is 3.10. The summed E-state index contributed by atoms with van der Waals surface area (Å²) in [5, 5.41) is 4.15. The van der Waals surface area contributed by atoms with Gasteiger partial charge in [-0.2, -0.15) is 4.98 Å². The van der Waals surface area contributed by atoms with Crippen molar-refractivity contribution in [2.24, 2.45) is 0 Å². The zero-order chi connectivity index (χ0) is 17.4. The van der Waals surface area contributed by atoms with Gasteiger partial charge in [0, 0.05) is 31.2 Å². The minimum absolute atomic E-state index is 0.0860. The van der Waals surface area contributed by atoms with Crippen LogP contribution in [0.25, 0.3) is 0 Å². The largest absolute Gasteiger partial charge is 0.381 e. The second-order valence-electron chi connectivity index (χ2n) is 7.06. The van der Waals surface area contributed by atoms with Crippen LogP contribution in [0.1, 0.15) is 53.9 Å². The van der Waals surface area contributed by atoms with Gasteiger partial charge >= 0.3 is 0 Å². The maximum Gasteiger partial charge on any atom is 0.231 e. The number of aryl methyl sites for hydroxylation is 2. The normalized spacial score (nSPS) is 24.1. The van der Waals surface area contributed by atoms with Gasteiger partial charge in [0.05, 0.1) is 12.5 Å². The molecule has 0 saturated carbocycles. The third kappa shape index (κ3) is 3.18. The van der Waals surface area contributed by atoms with Crippen LogP contribution in [-0.2, 0) is 9.53 Å². The molecule has 0 aliphatic carbocycles. The number of carbonyl (C=O) groups excluding carboxylic acids is 1. The van der Waals surface area contributed by atoms with Crippen LogP contribution in [0.2, 0.25) is 0 Å². The van der Waals surface area contributed by atoms with Gasteiger partial charge < -0.3 is 14.2 Å². The van der Waals surface area contributed by atoms with Crippen molar-refractivity contribution >= 4 is 11.6 Å². The number of nitrogens with zero attached hydrogens (tertiary/aromatic N) is 3. The molecule has 132 valence electrons. The quantitative estimate of drug-likeness (QED) is 0.858. The van der Waals surface area contributed by atoms with Gasteiger partial charge in [-0.15, -0.1) is 0 Å². The van der Waals surface area contributed by atoms with E-state index in [1.165, 1.54) is 11.1 Å². The van der Waals surface area contributed by atoms with Gasteiger partial charge in [0.25, 0.3) is 0 Å². The Morgan fingerprint density at radius 1 is 1.16 bits per heavy atom. The van der Waals surface area contributed by atoms with E-state index in [-0.39, 0.29) is 17.7 Å². The van der Waals surface area contributed by atoms with Gasteiger partial charge in [0.2, 0.25) is 11.8 Å². The van der Waals surface area contributed by atoms with Crippen molar-refractivity contribution in [1.82, 2.24) is 10.1 Å². The molecule has 2 atom stereocenters. The molecule has 2 aliphatic rings. The zero-order valence-corrected chi connectivity index (χ0v) is 14.7. The van der Waals surface area contributed by atoms with Crippen molar-refractivity contribution in [2.45, 2.75) is 44.9 Å². The van der Waals surface area contributed by atoms with E-state index in [1.54, 1.807) is 0 Å². The summed E-state index contributed by atoms with van der Waals surface area (Å²) in [6.07, 6.45) is 2.20. The van der Waals surface area contributed by atoms with Crippen molar-refractivity contribution < 1.29 is 14.1 Å². The van der Waals surface area contributed by atoms with Gasteiger partial charge in [0.1, 0.15) is 0 Å². The van der Waals surface area contributed by atoms with E-state index in [0.717, 1.165) is 31.0 Å². The van der Waals surface area contributed by atoms with E-state index >= 15 is 0 Å². The summed E-state index contributed by atoms with van der Waals surface area (Å²) in [6, 6.07) is 6.15. The summed E-state index contributed by atoms with van der Waals surface area (Å²) in [4.78, 5) is 18.9. The second kappa shape index (κ2) is 6.59. The molecule has 0 spiro atoms. The fourth-order valence-electron chi connectivity index (χ4n) is 3.51. The number of hydrogen-bond donors (Lipinski definition) is 0. The summed E-state index contributed by atoms with van der Waals surface area (Å²) in [7, 11) is 0. The van der Waals surface area contributed by atoms with Crippen molar-refractivity contribution in [1.29, 1.82) is 0 Å². The highest BCUT2D eigenvalue weighted by Gasteiger charge is 2.32. The highest BCUT2D eigenvalue weighted by atomic mass is 16.5. The fraction of sp³-hybridized carbons (Fsp3) is 0.526. The number of benzene rings is 1. The highest BCUT2D eigenvalue weighted by Crippen LogP contribution is 2.32. The average Bonchev–Trinajstić information content (AvgIpc) is 3.29. The molecule has 0 unspecified atom stereocenters. The maximum absolute atomic E-state index is 12.4. The highest BCUT2D eigenvalue weighted by molar-refractivity contribution is 5.94. The number of aromatic nitrogens is 2. The van der Waals surface area contributed by atoms with Crippen LogP contribution in [0.5, 0.6) is 0 Å². The van der Waals surface area contributed by atoms with Crippen LogP contribution in [0, 0.1) is 13.8 Å². The summed E-state index contributed by atoms with van der Waals surface area (Å²) in [6.45, 7) is 6.15. The molecule has 25 heavy (non-hydrogen) atoms. The molecule has 3 heterocycles. The summed E-state index contributed by atoms with van der Waals surface area (Å²) >= 11 is 0. The first-order chi connectivity index (χ1) is 12.1. The lowest BCUT2D eigenvalue weighted by Crippen LogP contribution is -2.39. The first-order valence-electron chi connectivity index (χ1n) is 8.90. The van der Waals surface area contributed by atoms with Crippen LogP contribution in [0.15, 0.2) is 22.7 Å². The molecule has 0 N–H and O–H groups in total. The van der Waals surface area contributed by atoms with Crippen LogP contribution in [-0.4, -0.2) is 35.8 Å². The van der Waals surface area contributed by atoms with E-state index in [1.807, 2.05) is 11.0 Å². The lowest BCUT2D eigenvalue weighted by Gasteiger charge is -2.31. The first-order valence-corrected chi connectivity index (χ1v) is 8.90. The van der Waals surface area contributed by atoms with Crippen molar-refractivity contribution in [2.75, 3.05) is 24.7 Å². The molecule has 6 nitrogen and oxygen atoms in total. The monoisotopic (exact) mass is 341 g/mol. The molecule has 1 aromatic carbocycles. The Kier molecular flexibility index (Phi) is 4.29. The zero-order valence-electron chi connectivity index (χ0n) is 14.7. The summed E-state index contributed by atoms with van der Waals surface area (Å²) in [5.41, 5.74) is 3.36. The van der Waals surface area contributed by atoms with Crippen LogP contribution >= 0.6 is 0 Å². The van der Waals surface area contributed by atoms with Gasteiger partial charge in [-0.25, -0.2) is 0 Å². The molecule has 0 radical (unpaired) electrons. The first kappa shape index (κ1) is 16.3. The Morgan fingerprint density at radius 2 is 2.04 bits per heavy atom. The third-order valence-electron chi connectivity index (χ3n) is 5.31. The van der Waals surface area contributed by atoms with Gasteiger partial charge in [-0.05, 0) is 49.9 Å². The smallest absolute Gasteiger partial charge is 0.231 e. The summed E-state index contributed by atoms with van der Waals surface area (Å²) < 4.78 is 10.9. The molecular formula is C19H23N3O3. The topological polar surface area (TPSA) is 68.5 Å². The van der Waals surface area contributed by atoms with E-state index in [2.05, 4.69) is 36.1 Å². The molecule has 1 amide bonds. The number of hydrogen-bond acceptors (Lipinski definition) is 5. The van der Waals surface area contributed by atoms with Crippen molar-refractivity contribution in [3.8, 4) is 0 Å². The van der Waals surface area contributed by atoms with Crippen LogP contribution in [0.3, 0.4) is 0 Å². The average molecular weight is 341 g/mol. The minimum Gasteiger partial charge on any atom is -0.381 e. The SMILES string of the molecule is Cc1ccc(N2C[C@H](c3nc([C@H]4CCOC4)no3)CCC2=O)cc1C. The maximum atomic E-state index is 12.4. The predicted molar refractivity (Wildman–Crippen MR) is 92.7 cm³/mol. The van der Waals surface area contributed by atoms with Gasteiger partial charge in [-0.1, -0.05) is 11.2 Å². The number of ether oxygens (including phenoxy) is 1. The Hall–Kier alpha value is -2.21. The molecule has 2 fully saturated rings. The van der Waals surface area contributed by atoms with Crippen LogP contribution in [0.4, 0.5) is 5.69 Å². The van der Waals surface area contributed by atoms with Gasteiger partial charge in [0.15, 0.2) is 5.82 Å². The molecule has 2 aromatic rings. The fourth-order valence-corrected chi connectivity index (χ4v) is 3.51. The van der Waals surface area contributed by atoms with Crippen LogP contribution < -0.4 is 4.90 Å². The van der Waals surface area contributed by atoms with E-state index in [9.17, 15) is 4.79 Å². The minimum atomic E-state index is 0.0860.